The number of ether oxygens (including phenoxy) is 1. The summed E-state index contributed by atoms with van der Waals surface area (Å²) in [6.45, 7) is 3.81. The van der Waals surface area contributed by atoms with Crippen LogP contribution in [0.25, 0.3) is 0 Å². The number of carbonyl (C=O) groups is 1. The Morgan fingerprint density at radius 1 is 1.64 bits per heavy atom. The highest BCUT2D eigenvalue weighted by Crippen LogP contribution is 2.15. The molecule has 0 unspecified atom stereocenters. The zero-order chi connectivity index (χ0) is 8.85. The molecule has 0 amide bonds. The van der Waals surface area contributed by atoms with Crippen molar-refractivity contribution in [2.24, 2.45) is 5.92 Å². The van der Waals surface area contributed by atoms with Gasteiger partial charge in [0.15, 0.2) is 0 Å². The topological polar surface area (TPSA) is 26.3 Å². The van der Waals surface area contributed by atoms with Gasteiger partial charge in [-0.25, -0.2) is 0 Å². The van der Waals surface area contributed by atoms with E-state index in [1.165, 1.54) is 0 Å². The van der Waals surface area contributed by atoms with Gasteiger partial charge in [0.1, 0.15) is 6.29 Å². The van der Waals surface area contributed by atoms with Crippen LogP contribution in [0.4, 0.5) is 0 Å². The van der Waals surface area contributed by atoms with E-state index in [0.29, 0.717) is 0 Å². The van der Waals surface area contributed by atoms with Crippen molar-refractivity contribution in [2.45, 2.75) is 20.0 Å². The van der Waals surface area contributed by atoms with E-state index in [4.69, 9.17) is 4.74 Å². The zero-order valence-corrected chi connectivity index (χ0v) is 9.16. The molecule has 0 fully saturated rings. The van der Waals surface area contributed by atoms with Gasteiger partial charge in [-0.05, 0) is 16.6 Å². The van der Waals surface area contributed by atoms with Crippen molar-refractivity contribution in [1.29, 1.82) is 0 Å². The van der Waals surface area contributed by atoms with Gasteiger partial charge >= 0.3 is 0 Å². The second kappa shape index (κ2) is 5.71. The molecule has 64 valence electrons. The monoisotopic (exact) mass is 268 g/mol. The summed E-state index contributed by atoms with van der Waals surface area (Å²) in [5, 5.41) is 0. The van der Waals surface area contributed by atoms with Gasteiger partial charge in [0, 0.05) is 13.0 Å². The van der Waals surface area contributed by atoms with Gasteiger partial charge in [-0.1, -0.05) is 29.5 Å². The maximum absolute atomic E-state index is 10.4. The van der Waals surface area contributed by atoms with E-state index in [2.05, 4.69) is 22.6 Å². The molecule has 0 aliphatic carbocycles. The largest absolute Gasteiger partial charge is 0.376 e. The predicted molar refractivity (Wildman–Crippen MR) is 53.8 cm³/mol. The highest BCUT2D eigenvalue weighted by Gasteiger charge is 2.16. The minimum Gasteiger partial charge on any atom is -0.376 e. The molecule has 0 spiro atoms. The van der Waals surface area contributed by atoms with Crippen LogP contribution in [-0.2, 0) is 9.53 Å². The normalized spacial score (nSPS) is 17.6. The molecular formula is C8H13IO2. The number of rotatable bonds is 4. The Bertz CT molecular complexity index is 154. The summed E-state index contributed by atoms with van der Waals surface area (Å²) in [4.78, 5) is 10.4. The number of carbonyl (C=O) groups excluding carboxylic acids is 1. The number of hydrogen-bond acceptors (Lipinski definition) is 2. The van der Waals surface area contributed by atoms with Crippen LogP contribution in [0.3, 0.4) is 0 Å². The molecule has 0 aliphatic rings. The zero-order valence-electron chi connectivity index (χ0n) is 7.00. The van der Waals surface area contributed by atoms with Crippen molar-refractivity contribution >= 4 is 28.9 Å². The SMILES string of the molecule is CO[C@H](/C(C)=C/I)[C@@H](C)C=O. The van der Waals surface area contributed by atoms with E-state index < -0.39 is 0 Å². The van der Waals surface area contributed by atoms with Gasteiger partial charge in [-0.3, -0.25) is 0 Å². The summed E-state index contributed by atoms with van der Waals surface area (Å²) >= 11 is 2.14. The van der Waals surface area contributed by atoms with Crippen LogP contribution in [0.5, 0.6) is 0 Å². The fourth-order valence-electron chi connectivity index (χ4n) is 0.949. The van der Waals surface area contributed by atoms with Crippen LogP contribution < -0.4 is 0 Å². The van der Waals surface area contributed by atoms with Crippen LogP contribution >= 0.6 is 22.6 Å². The second-order valence-corrected chi connectivity index (χ2v) is 3.13. The molecule has 0 aromatic rings. The summed E-state index contributed by atoms with van der Waals surface area (Å²) < 4.78 is 7.09. The summed E-state index contributed by atoms with van der Waals surface area (Å²) in [6, 6.07) is 0. The molecule has 0 heterocycles. The van der Waals surface area contributed by atoms with Crippen LogP contribution in [0.15, 0.2) is 9.66 Å². The van der Waals surface area contributed by atoms with E-state index in [0.717, 1.165) is 11.9 Å². The quantitative estimate of drug-likeness (QED) is 0.577. The molecule has 11 heavy (non-hydrogen) atoms. The predicted octanol–water partition coefficient (Wildman–Crippen LogP) is 2.18. The first-order chi connectivity index (χ1) is 5.17. The summed E-state index contributed by atoms with van der Waals surface area (Å²) in [5.41, 5.74) is 1.09. The average Bonchev–Trinajstić information content (AvgIpc) is 2.05. The van der Waals surface area contributed by atoms with Gasteiger partial charge in [-0.2, -0.15) is 0 Å². The number of methoxy groups -OCH3 is 1. The van der Waals surface area contributed by atoms with Crippen LogP contribution in [0.2, 0.25) is 0 Å². The van der Waals surface area contributed by atoms with E-state index in [-0.39, 0.29) is 12.0 Å². The maximum atomic E-state index is 10.4. The van der Waals surface area contributed by atoms with Gasteiger partial charge in [-0.15, -0.1) is 0 Å². The van der Waals surface area contributed by atoms with Gasteiger partial charge in [0.05, 0.1) is 6.10 Å². The van der Waals surface area contributed by atoms with Crippen molar-refractivity contribution in [3.8, 4) is 0 Å². The molecule has 0 radical (unpaired) electrons. The third-order valence-corrected chi connectivity index (χ3v) is 2.55. The van der Waals surface area contributed by atoms with E-state index >= 15 is 0 Å². The second-order valence-electron chi connectivity index (χ2n) is 2.50. The van der Waals surface area contributed by atoms with Crippen LogP contribution in [0, 0.1) is 5.92 Å². The molecule has 0 saturated carbocycles. The van der Waals surface area contributed by atoms with Crippen molar-refractivity contribution in [3.63, 3.8) is 0 Å². The molecule has 2 atom stereocenters. The molecular weight excluding hydrogens is 255 g/mol. The number of hydrogen-bond donors (Lipinski definition) is 0. The average molecular weight is 268 g/mol. The third-order valence-electron chi connectivity index (χ3n) is 1.57. The Morgan fingerprint density at radius 2 is 2.18 bits per heavy atom. The van der Waals surface area contributed by atoms with Crippen molar-refractivity contribution in [2.75, 3.05) is 7.11 Å². The lowest BCUT2D eigenvalue weighted by Gasteiger charge is -2.18. The Kier molecular flexibility index (Phi) is 5.76. The first-order valence-electron chi connectivity index (χ1n) is 3.42. The fraction of sp³-hybridized carbons (Fsp3) is 0.625. The smallest absolute Gasteiger partial charge is 0.125 e. The minimum atomic E-state index is -0.0654. The summed E-state index contributed by atoms with van der Waals surface area (Å²) in [7, 11) is 1.62. The number of halogens is 1. The molecule has 0 aliphatic heterocycles. The molecule has 0 aromatic heterocycles. The van der Waals surface area contributed by atoms with Crippen molar-refractivity contribution in [3.05, 3.63) is 9.66 Å². The first-order valence-corrected chi connectivity index (χ1v) is 4.66. The highest BCUT2D eigenvalue weighted by molar-refractivity contribution is 14.1. The lowest BCUT2D eigenvalue weighted by molar-refractivity contribution is -0.113. The lowest BCUT2D eigenvalue weighted by atomic mass is 10.0. The first kappa shape index (κ1) is 11.1. The Hall–Kier alpha value is 0.1000. The van der Waals surface area contributed by atoms with Crippen molar-refractivity contribution < 1.29 is 9.53 Å². The highest BCUT2D eigenvalue weighted by atomic mass is 127. The minimum absolute atomic E-state index is 0.0639. The molecule has 3 heteroatoms. The van der Waals surface area contributed by atoms with Crippen LogP contribution in [-0.4, -0.2) is 19.5 Å². The van der Waals surface area contributed by atoms with Crippen molar-refractivity contribution in [1.82, 2.24) is 0 Å². The molecule has 0 saturated heterocycles. The molecule has 0 aromatic carbocycles. The molecule has 2 nitrogen and oxygen atoms in total. The van der Waals surface area contributed by atoms with Gasteiger partial charge in [0.25, 0.3) is 0 Å². The summed E-state index contributed by atoms with van der Waals surface area (Å²) in [6.07, 6.45) is 0.849. The van der Waals surface area contributed by atoms with E-state index in [1.54, 1.807) is 7.11 Å². The molecule has 0 rings (SSSR count). The van der Waals surface area contributed by atoms with E-state index in [1.807, 2.05) is 17.9 Å². The Morgan fingerprint density at radius 3 is 2.45 bits per heavy atom. The van der Waals surface area contributed by atoms with Gasteiger partial charge < -0.3 is 9.53 Å². The molecule has 0 N–H and O–H groups in total. The third kappa shape index (κ3) is 3.33. The Labute approximate surface area is 81.1 Å². The van der Waals surface area contributed by atoms with Crippen LogP contribution in [0.1, 0.15) is 13.8 Å². The maximum Gasteiger partial charge on any atom is 0.125 e. The molecule has 0 bridgehead atoms. The Balaban J connectivity index is 4.27. The summed E-state index contributed by atoms with van der Waals surface area (Å²) in [5.74, 6) is -0.0639. The standard InChI is InChI=1S/C8H13IO2/c1-6(4-9)8(11-3)7(2)5-10/h4-5,7-8H,1-3H3/b6-4+/t7-,8+/m0/s1. The number of aldehydes is 1. The lowest BCUT2D eigenvalue weighted by Crippen LogP contribution is -2.22. The van der Waals surface area contributed by atoms with Gasteiger partial charge in [0.2, 0.25) is 0 Å². The fourth-order valence-corrected chi connectivity index (χ4v) is 1.30. The van der Waals surface area contributed by atoms with E-state index in [9.17, 15) is 4.79 Å².